The number of halogens is 4. The molecule has 0 amide bonds. The number of methoxy groups -OCH3 is 2. The minimum absolute atomic E-state index is 0.104. The Morgan fingerprint density at radius 3 is 2.64 bits per heavy atom. The zero-order chi connectivity index (χ0) is 18.2. The molecule has 2 atom stereocenters. The van der Waals surface area contributed by atoms with Gasteiger partial charge in [0.05, 0.1) is 19.8 Å². The second-order valence-electron chi connectivity index (χ2n) is 5.68. The summed E-state index contributed by atoms with van der Waals surface area (Å²) in [4.78, 5) is 8.05. The van der Waals surface area contributed by atoms with Crippen LogP contribution in [0.25, 0.3) is 11.3 Å². The number of alkyl halides is 3. The van der Waals surface area contributed by atoms with Crippen LogP contribution in [0.15, 0.2) is 12.3 Å². The minimum Gasteiger partial charge on any atom is -0.480 e. The van der Waals surface area contributed by atoms with Gasteiger partial charge in [-0.2, -0.15) is 18.2 Å². The highest BCUT2D eigenvalue weighted by Gasteiger charge is 2.46. The highest BCUT2D eigenvalue weighted by molar-refractivity contribution is 6.30. The van der Waals surface area contributed by atoms with Gasteiger partial charge < -0.3 is 9.47 Å². The van der Waals surface area contributed by atoms with E-state index in [1.165, 1.54) is 20.4 Å². The molecule has 0 spiro atoms. The molecule has 2 heterocycles. The van der Waals surface area contributed by atoms with Crippen LogP contribution in [0.3, 0.4) is 0 Å². The quantitative estimate of drug-likeness (QED) is 0.795. The Hall–Kier alpha value is -2.16. The van der Waals surface area contributed by atoms with E-state index < -0.39 is 18.5 Å². The SMILES string of the molecule is COc1ncc(-c2cc([C@H]3C[C@@H]3CC(F)(F)F)c(Cl)nn2)c(OC)n1. The number of rotatable bonds is 5. The zero-order valence-corrected chi connectivity index (χ0v) is 14.1. The van der Waals surface area contributed by atoms with E-state index in [0.717, 1.165) is 0 Å². The maximum Gasteiger partial charge on any atom is 0.389 e. The van der Waals surface area contributed by atoms with Crippen molar-refractivity contribution < 1.29 is 22.6 Å². The van der Waals surface area contributed by atoms with Crippen LogP contribution in [0.2, 0.25) is 5.15 Å². The number of hydrogen-bond acceptors (Lipinski definition) is 6. The smallest absolute Gasteiger partial charge is 0.389 e. The number of nitrogens with zero attached hydrogens (tertiary/aromatic N) is 4. The van der Waals surface area contributed by atoms with Gasteiger partial charge in [0.2, 0.25) is 5.88 Å². The van der Waals surface area contributed by atoms with Gasteiger partial charge in [0.1, 0.15) is 5.69 Å². The van der Waals surface area contributed by atoms with Crippen molar-refractivity contribution in [1.82, 2.24) is 20.2 Å². The molecule has 0 unspecified atom stereocenters. The van der Waals surface area contributed by atoms with Gasteiger partial charge in [-0.1, -0.05) is 11.6 Å². The molecular weight excluding hydrogens is 361 g/mol. The van der Waals surface area contributed by atoms with E-state index in [1.54, 1.807) is 6.07 Å². The first-order valence-electron chi connectivity index (χ1n) is 7.37. The standard InChI is InChI=1S/C15H14ClF3N4O2/c1-24-13-10(6-20-14(21-13)25-2)11-4-9(12(16)23-22-11)8-3-7(8)5-15(17,18)19/h4,6-8H,3,5H2,1-2H3/t7-,8+/m1/s1. The third-order valence-electron chi connectivity index (χ3n) is 3.98. The first-order chi connectivity index (χ1) is 11.8. The number of hydrogen-bond donors (Lipinski definition) is 0. The molecule has 0 radical (unpaired) electrons. The third kappa shape index (κ3) is 3.92. The number of ether oxygens (including phenoxy) is 2. The average molecular weight is 375 g/mol. The Kier molecular flexibility index (Phi) is 4.68. The normalized spacial score (nSPS) is 19.6. The highest BCUT2D eigenvalue weighted by Crippen LogP contribution is 2.54. The van der Waals surface area contributed by atoms with Gasteiger partial charge in [-0.25, -0.2) is 4.98 Å². The van der Waals surface area contributed by atoms with Gasteiger partial charge in [-0.05, 0) is 29.9 Å². The van der Waals surface area contributed by atoms with Gasteiger partial charge in [-0.15, -0.1) is 10.2 Å². The van der Waals surface area contributed by atoms with Crippen molar-refractivity contribution in [3.05, 3.63) is 23.0 Å². The monoisotopic (exact) mass is 374 g/mol. The Bertz CT molecular complexity index is 788. The molecule has 0 bridgehead atoms. The van der Waals surface area contributed by atoms with Crippen molar-refractivity contribution in [2.75, 3.05) is 14.2 Å². The molecule has 2 aromatic heterocycles. The van der Waals surface area contributed by atoms with E-state index >= 15 is 0 Å². The molecule has 1 aliphatic rings. The fourth-order valence-electron chi connectivity index (χ4n) is 2.71. The molecule has 6 nitrogen and oxygen atoms in total. The van der Waals surface area contributed by atoms with Crippen LogP contribution in [0, 0.1) is 5.92 Å². The Balaban J connectivity index is 1.91. The Morgan fingerprint density at radius 1 is 1.24 bits per heavy atom. The zero-order valence-electron chi connectivity index (χ0n) is 13.3. The Labute approximate surface area is 146 Å². The van der Waals surface area contributed by atoms with E-state index in [1.807, 2.05) is 0 Å². The summed E-state index contributed by atoms with van der Waals surface area (Å²) in [5, 5.41) is 7.94. The Morgan fingerprint density at radius 2 is 2.00 bits per heavy atom. The lowest BCUT2D eigenvalue weighted by atomic mass is 10.1. The molecule has 2 aromatic rings. The van der Waals surface area contributed by atoms with Crippen LogP contribution < -0.4 is 9.47 Å². The molecule has 10 heteroatoms. The van der Waals surface area contributed by atoms with Crippen molar-refractivity contribution in [3.8, 4) is 23.1 Å². The van der Waals surface area contributed by atoms with Crippen molar-refractivity contribution in [2.24, 2.45) is 5.92 Å². The molecular formula is C15H14ClF3N4O2. The summed E-state index contributed by atoms with van der Waals surface area (Å²) in [5.41, 5.74) is 1.36. The van der Waals surface area contributed by atoms with Crippen molar-refractivity contribution in [3.63, 3.8) is 0 Å². The summed E-state index contributed by atoms with van der Waals surface area (Å²) in [6, 6.07) is 1.74. The number of aromatic nitrogens is 4. The van der Waals surface area contributed by atoms with Gasteiger partial charge in [0, 0.05) is 12.6 Å². The van der Waals surface area contributed by atoms with Crippen LogP contribution in [0.1, 0.15) is 24.3 Å². The predicted octanol–water partition coefficient (Wildman–Crippen LogP) is 3.66. The van der Waals surface area contributed by atoms with E-state index in [-0.39, 0.29) is 23.0 Å². The molecule has 1 fully saturated rings. The van der Waals surface area contributed by atoms with Gasteiger partial charge in [0.25, 0.3) is 0 Å². The van der Waals surface area contributed by atoms with Gasteiger partial charge in [-0.3, -0.25) is 0 Å². The van der Waals surface area contributed by atoms with Crippen LogP contribution in [0.4, 0.5) is 13.2 Å². The van der Waals surface area contributed by atoms with Crippen LogP contribution in [-0.2, 0) is 0 Å². The predicted molar refractivity (Wildman–Crippen MR) is 82.7 cm³/mol. The van der Waals surface area contributed by atoms with Crippen LogP contribution in [0.5, 0.6) is 11.9 Å². The average Bonchev–Trinajstić information content (AvgIpc) is 3.31. The molecule has 1 saturated carbocycles. The largest absolute Gasteiger partial charge is 0.480 e. The van der Waals surface area contributed by atoms with E-state index in [2.05, 4.69) is 20.2 Å². The molecule has 3 rings (SSSR count). The fourth-order valence-corrected chi connectivity index (χ4v) is 2.95. The molecule has 0 aromatic carbocycles. The minimum atomic E-state index is -4.19. The van der Waals surface area contributed by atoms with E-state index in [4.69, 9.17) is 21.1 Å². The lowest BCUT2D eigenvalue weighted by Crippen LogP contribution is -2.08. The summed E-state index contributed by atoms with van der Waals surface area (Å²) in [5.74, 6) is -0.547. The van der Waals surface area contributed by atoms with Gasteiger partial charge >= 0.3 is 12.2 Å². The first kappa shape index (κ1) is 17.7. The molecule has 0 saturated heterocycles. The maximum absolute atomic E-state index is 12.5. The summed E-state index contributed by atoms with van der Waals surface area (Å²) in [7, 11) is 2.85. The molecule has 134 valence electrons. The molecule has 1 aliphatic carbocycles. The van der Waals surface area contributed by atoms with Crippen molar-refractivity contribution in [1.29, 1.82) is 0 Å². The second-order valence-corrected chi connectivity index (χ2v) is 6.03. The van der Waals surface area contributed by atoms with E-state index in [0.29, 0.717) is 23.2 Å². The summed E-state index contributed by atoms with van der Waals surface area (Å²) < 4.78 is 47.8. The highest BCUT2D eigenvalue weighted by atomic mass is 35.5. The van der Waals surface area contributed by atoms with Crippen molar-refractivity contribution in [2.45, 2.75) is 24.9 Å². The first-order valence-corrected chi connectivity index (χ1v) is 7.75. The third-order valence-corrected chi connectivity index (χ3v) is 4.27. The molecule has 25 heavy (non-hydrogen) atoms. The van der Waals surface area contributed by atoms with E-state index in [9.17, 15) is 13.2 Å². The molecule has 0 N–H and O–H groups in total. The topological polar surface area (TPSA) is 70.0 Å². The van der Waals surface area contributed by atoms with Crippen LogP contribution >= 0.6 is 11.6 Å². The van der Waals surface area contributed by atoms with Crippen LogP contribution in [-0.4, -0.2) is 40.6 Å². The lowest BCUT2D eigenvalue weighted by Gasteiger charge is -2.10. The lowest BCUT2D eigenvalue weighted by molar-refractivity contribution is -0.138. The van der Waals surface area contributed by atoms with Gasteiger partial charge in [0.15, 0.2) is 5.15 Å². The molecule has 0 aliphatic heterocycles. The summed E-state index contributed by atoms with van der Waals surface area (Å²) in [6.45, 7) is 0. The maximum atomic E-state index is 12.5. The van der Waals surface area contributed by atoms with Crippen molar-refractivity contribution >= 4 is 11.6 Å². The fraction of sp³-hybridized carbons (Fsp3) is 0.467. The summed E-state index contributed by atoms with van der Waals surface area (Å²) in [6.07, 6.45) is -3.16. The second kappa shape index (κ2) is 6.62. The summed E-state index contributed by atoms with van der Waals surface area (Å²) >= 11 is 6.04.